The largest absolute Gasteiger partial charge is 0.756 e. The average Bonchev–Trinajstić information content (AvgIpc) is 3.20. The topological polar surface area (TPSA) is 111 Å². The van der Waals surface area contributed by atoms with Gasteiger partial charge in [-0.15, -0.1) is 0 Å². The van der Waals surface area contributed by atoms with Gasteiger partial charge in [-0.05, 0) is 19.3 Å². The first-order valence-electron chi connectivity index (χ1n) is 24.1. The van der Waals surface area contributed by atoms with Gasteiger partial charge in [0.2, 0.25) is 0 Å². The van der Waals surface area contributed by atoms with Crippen molar-refractivity contribution in [2.75, 3.05) is 47.5 Å². The van der Waals surface area contributed by atoms with Gasteiger partial charge in [0.15, 0.2) is 6.10 Å². The number of carbonyl (C=O) groups excluding carboxylic acids is 2. The van der Waals surface area contributed by atoms with Crippen LogP contribution in [0.5, 0.6) is 0 Å². The number of likely N-dealkylation sites (N-methyl/N-ethyl adjacent to an activating group) is 1. The molecular weight excluding hydrogens is 774 g/mol. The van der Waals surface area contributed by atoms with E-state index in [4.69, 9.17) is 18.5 Å². The lowest BCUT2D eigenvalue weighted by Gasteiger charge is -2.28. The third-order valence-corrected chi connectivity index (χ3v) is 11.2. The van der Waals surface area contributed by atoms with Gasteiger partial charge in [0.05, 0.1) is 27.7 Å². The van der Waals surface area contributed by atoms with E-state index in [1.54, 1.807) is 12.2 Å². The second-order valence-electron chi connectivity index (χ2n) is 17.3. The van der Waals surface area contributed by atoms with Crippen LogP contribution in [0.15, 0.2) is 60.8 Å². The van der Waals surface area contributed by atoms with Crippen molar-refractivity contribution in [1.29, 1.82) is 0 Å². The Bertz CT molecular complexity index is 1210. The summed E-state index contributed by atoms with van der Waals surface area (Å²) in [5.41, 5.74) is 0. The summed E-state index contributed by atoms with van der Waals surface area (Å²) in [5, 5.41) is 0. The Morgan fingerprint density at radius 3 is 1.43 bits per heavy atom. The first-order valence-corrected chi connectivity index (χ1v) is 25.5. The summed E-state index contributed by atoms with van der Waals surface area (Å²) in [4.78, 5) is 37.5. The number of phosphoric acid groups is 1. The van der Waals surface area contributed by atoms with E-state index in [-0.39, 0.29) is 19.6 Å². The quantitative estimate of drug-likeness (QED) is 0.0149. The number of rotatable bonds is 43. The van der Waals surface area contributed by atoms with Crippen LogP contribution in [0.3, 0.4) is 0 Å². The molecule has 0 bridgehead atoms. The molecule has 0 aliphatic rings. The van der Waals surface area contributed by atoms with E-state index < -0.39 is 32.5 Å². The molecule has 0 amide bonds. The van der Waals surface area contributed by atoms with Gasteiger partial charge in [0, 0.05) is 12.5 Å². The van der Waals surface area contributed by atoms with Crippen LogP contribution in [0.1, 0.15) is 194 Å². The van der Waals surface area contributed by atoms with Gasteiger partial charge in [0.25, 0.3) is 7.82 Å². The highest BCUT2D eigenvalue weighted by molar-refractivity contribution is 7.45. The van der Waals surface area contributed by atoms with Crippen LogP contribution in [-0.4, -0.2) is 70.0 Å². The molecule has 0 N–H and O–H groups in total. The highest BCUT2D eigenvalue weighted by Crippen LogP contribution is 2.38. The molecule has 348 valence electrons. The molecule has 1 unspecified atom stereocenters. The second kappa shape index (κ2) is 42.0. The van der Waals surface area contributed by atoms with Crippen LogP contribution in [0, 0.1) is 0 Å². The number of carbonyl (C=O) groups is 2. The van der Waals surface area contributed by atoms with Gasteiger partial charge < -0.3 is 27.9 Å². The summed E-state index contributed by atoms with van der Waals surface area (Å²) >= 11 is 0. The number of ether oxygens (including phenoxy) is 2. The zero-order valence-corrected chi connectivity index (χ0v) is 40.0. The van der Waals surface area contributed by atoms with Gasteiger partial charge in [-0.25, -0.2) is 4.79 Å². The summed E-state index contributed by atoms with van der Waals surface area (Å²) in [6.45, 7) is 4.06. The molecule has 0 aromatic rings. The summed E-state index contributed by atoms with van der Waals surface area (Å²) in [7, 11) is 1.08. The number of phosphoric ester groups is 1. The number of nitrogens with zero attached hydrogens (tertiary/aromatic N) is 1. The molecule has 0 aliphatic carbocycles. The number of hydrogen-bond donors (Lipinski definition) is 0. The molecule has 0 spiro atoms. The van der Waals surface area contributed by atoms with Crippen LogP contribution in [0.2, 0.25) is 0 Å². The standard InChI is InChI=1S/C50H90NO8P/c1-6-8-10-12-14-16-18-20-22-24-25-27-29-31-33-35-37-39-41-43-50(53)59-48(47-58-60(54,55)57-45-44-51(3,4)5)46-56-49(52)42-40-38-36-34-32-30-28-26-23-21-19-17-15-13-11-9-7-2/h25,27,29,31,33,35,37,39,41,43,48H,6-24,26,28,30,32,34,36,38,40,42,44-47H2,1-5H3/b27-25-,31-29-,35-33-,39-37+,43-41?/t48-/m1/s1. The molecule has 0 rings (SSSR count). The van der Waals surface area contributed by atoms with Crippen LogP contribution in [-0.2, 0) is 32.7 Å². The molecule has 0 aliphatic heterocycles. The first kappa shape index (κ1) is 57.7. The maximum absolute atomic E-state index is 12.6. The minimum atomic E-state index is -4.67. The van der Waals surface area contributed by atoms with E-state index in [9.17, 15) is 19.0 Å². The van der Waals surface area contributed by atoms with E-state index in [1.165, 1.54) is 160 Å². The van der Waals surface area contributed by atoms with E-state index in [1.807, 2.05) is 45.4 Å². The number of unbranched alkanes of at least 4 members (excludes halogenated alkanes) is 25. The predicted molar refractivity (Wildman–Crippen MR) is 250 cm³/mol. The van der Waals surface area contributed by atoms with Crippen molar-refractivity contribution in [2.24, 2.45) is 0 Å². The fourth-order valence-corrected chi connectivity index (χ4v) is 7.21. The van der Waals surface area contributed by atoms with Gasteiger partial charge in [-0.1, -0.05) is 223 Å². The molecule has 0 radical (unpaired) electrons. The summed E-state index contributed by atoms with van der Waals surface area (Å²) in [5.74, 6) is -1.14. The van der Waals surface area contributed by atoms with Crippen molar-refractivity contribution in [3.05, 3.63) is 60.8 Å². The molecule has 0 saturated heterocycles. The van der Waals surface area contributed by atoms with Gasteiger partial charge in [-0.3, -0.25) is 9.36 Å². The summed E-state index contributed by atoms with van der Waals surface area (Å²) < 4.78 is 33.7. The SMILES string of the molecule is CCCCCCCCCCC\C=C/C=C\C=C/C=C/C=CC(=O)O[C@H](COC(=O)CCCCCCCCCCCCCCCCCCC)COP(=O)([O-])OCC[N+](C)(C)C. The van der Waals surface area contributed by atoms with Crippen LogP contribution in [0.4, 0.5) is 0 Å². The third kappa shape index (κ3) is 45.2. The van der Waals surface area contributed by atoms with Crippen LogP contribution in [0.25, 0.3) is 0 Å². The number of esters is 2. The normalized spacial score (nSPS) is 14.0. The van der Waals surface area contributed by atoms with E-state index >= 15 is 0 Å². The fourth-order valence-electron chi connectivity index (χ4n) is 6.48. The zero-order chi connectivity index (χ0) is 44.3. The Hall–Kier alpha value is -2.29. The van der Waals surface area contributed by atoms with E-state index in [0.717, 1.165) is 19.3 Å². The zero-order valence-electron chi connectivity index (χ0n) is 39.1. The van der Waals surface area contributed by atoms with E-state index in [0.29, 0.717) is 17.4 Å². The Kier molecular flexibility index (Phi) is 40.4. The summed E-state index contributed by atoms with van der Waals surface area (Å²) in [6, 6.07) is 0. The molecule has 60 heavy (non-hydrogen) atoms. The van der Waals surface area contributed by atoms with Crippen LogP contribution >= 0.6 is 7.82 Å². The molecule has 0 fully saturated rings. The lowest BCUT2D eigenvalue weighted by Crippen LogP contribution is -2.37. The second-order valence-corrected chi connectivity index (χ2v) is 18.7. The van der Waals surface area contributed by atoms with Crippen molar-refractivity contribution in [3.63, 3.8) is 0 Å². The van der Waals surface area contributed by atoms with Gasteiger partial charge >= 0.3 is 11.9 Å². The fraction of sp³-hybridized carbons (Fsp3) is 0.760. The Balaban J connectivity index is 4.50. The third-order valence-electron chi connectivity index (χ3n) is 10.2. The molecular formula is C50H90NO8P. The maximum Gasteiger partial charge on any atom is 0.331 e. The molecule has 0 heterocycles. The van der Waals surface area contributed by atoms with Crippen LogP contribution < -0.4 is 4.89 Å². The van der Waals surface area contributed by atoms with E-state index in [2.05, 4.69) is 26.0 Å². The number of hydrogen-bond acceptors (Lipinski definition) is 8. The molecule has 0 aromatic carbocycles. The highest BCUT2D eigenvalue weighted by Gasteiger charge is 2.21. The number of quaternary nitrogens is 1. The summed E-state index contributed by atoms with van der Waals surface area (Å²) in [6.07, 6.45) is 51.8. The average molecular weight is 864 g/mol. The smallest absolute Gasteiger partial charge is 0.331 e. The Morgan fingerprint density at radius 2 is 0.967 bits per heavy atom. The Labute approximate surface area is 368 Å². The lowest BCUT2D eigenvalue weighted by molar-refractivity contribution is -0.870. The van der Waals surface area contributed by atoms with Crippen molar-refractivity contribution >= 4 is 19.8 Å². The maximum atomic E-state index is 12.6. The van der Waals surface area contributed by atoms with Gasteiger partial charge in [-0.2, -0.15) is 0 Å². The molecule has 0 aromatic heterocycles. The monoisotopic (exact) mass is 864 g/mol. The minimum Gasteiger partial charge on any atom is -0.756 e. The predicted octanol–water partition coefficient (Wildman–Crippen LogP) is 13.4. The molecule has 9 nitrogen and oxygen atoms in total. The molecule has 2 atom stereocenters. The first-order chi connectivity index (χ1) is 29.0. The lowest BCUT2D eigenvalue weighted by atomic mass is 10.0. The van der Waals surface area contributed by atoms with Crippen molar-refractivity contribution in [3.8, 4) is 0 Å². The van der Waals surface area contributed by atoms with Crippen molar-refractivity contribution < 1.29 is 42.1 Å². The minimum absolute atomic E-state index is 0.0571. The van der Waals surface area contributed by atoms with Crippen molar-refractivity contribution in [1.82, 2.24) is 0 Å². The molecule has 0 saturated carbocycles. The van der Waals surface area contributed by atoms with Crippen molar-refractivity contribution in [2.45, 2.75) is 200 Å². The highest BCUT2D eigenvalue weighted by atomic mass is 31.2. The molecule has 10 heteroatoms. The van der Waals surface area contributed by atoms with Gasteiger partial charge in [0.1, 0.15) is 19.8 Å². The number of allylic oxidation sites excluding steroid dienone is 9. The Morgan fingerprint density at radius 1 is 0.550 bits per heavy atom.